The quantitative estimate of drug-likeness (QED) is 0.350. The van der Waals surface area contributed by atoms with Crippen molar-refractivity contribution in [3.8, 4) is 0 Å². The largest absolute Gasteiger partial charge is 1.00 e. The Morgan fingerprint density at radius 3 is 2.62 bits per heavy atom. The summed E-state index contributed by atoms with van der Waals surface area (Å²) in [5, 5.41) is 0.417. The van der Waals surface area contributed by atoms with Gasteiger partial charge in [-0.15, -0.1) is 0 Å². The molecule has 0 aliphatic carbocycles. The summed E-state index contributed by atoms with van der Waals surface area (Å²) in [7, 11) is 0. The molecular weight excluding hydrogens is 135 g/mol. The standard InChI is InChI=1S/C4H4O2S.Na/c5-7-4-2-1-3-6-4;/h1-3,5H;/q;+1/p-1. The first-order chi connectivity index (χ1) is 3.43. The maximum atomic E-state index is 9.82. The van der Waals surface area contributed by atoms with E-state index in [4.69, 9.17) is 0 Å². The van der Waals surface area contributed by atoms with E-state index in [-0.39, 0.29) is 29.6 Å². The zero-order valence-electron chi connectivity index (χ0n) is 4.46. The molecule has 0 amide bonds. The Bertz CT molecular complexity index is 129. The van der Waals surface area contributed by atoms with Gasteiger partial charge < -0.3 is 8.97 Å². The van der Waals surface area contributed by atoms with Crippen molar-refractivity contribution in [1.82, 2.24) is 0 Å². The zero-order chi connectivity index (χ0) is 5.11. The number of furan rings is 1. The fraction of sp³-hybridized carbons (Fsp3) is 0. The molecule has 1 rings (SSSR count). The number of hydrogen-bond donors (Lipinski definition) is 0. The second-order valence-corrected chi connectivity index (χ2v) is 1.58. The smallest absolute Gasteiger partial charge is 0.793 e. The first-order valence-corrected chi connectivity index (χ1v) is 2.51. The van der Waals surface area contributed by atoms with E-state index >= 15 is 0 Å². The van der Waals surface area contributed by atoms with Crippen LogP contribution in [0.2, 0.25) is 0 Å². The Balaban J connectivity index is 0.000000490. The van der Waals surface area contributed by atoms with Crippen LogP contribution in [0.5, 0.6) is 0 Å². The van der Waals surface area contributed by atoms with Crippen LogP contribution < -0.4 is 29.6 Å². The van der Waals surface area contributed by atoms with Gasteiger partial charge in [-0.05, 0) is 12.1 Å². The normalized spacial score (nSPS) is 8.12. The molecule has 1 aromatic rings. The topological polar surface area (TPSA) is 36.2 Å². The van der Waals surface area contributed by atoms with Crippen LogP contribution in [0.4, 0.5) is 0 Å². The minimum absolute atomic E-state index is 0. The summed E-state index contributed by atoms with van der Waals surface area (Å²) in [6.45, 7) is 0. The van der Waals surface area contributed by atoms with E-state index in [1.807, 2.05) is 0 Å². The fourth-order valence-corrected chi connectivity index (χ4v) is 0.540. The zero-order valence-corrected chi connectivity index (χ0v) is 7.27. The average Bonchev–Trinajstić information content (AvgIpc) is 2.14. The molecule has 0 fully saturated rings. The molecular formula is C4H3NaO2S. The third-order valence-corrected chi connectivity index (χ3v) is 0.974. The average molecular weight is 138 g/mol. The van der Waals surface area contributed by atoms with Crippen LogP contribution in [-0.2, 0) is 0 Å². The Labute approximate surface area is 73.8 Å². The molecule has 0 aliphatic rings. The van der Waals surface area contributed by atoms with E-state index in [0.29, 0.717) is 17.1 Å². The molecule has 0 saturated heterocycles. The minimum Gasteiger partial charge on any atom is -0.793 e. The Morgan fingerprint density at radius 1 is 1.62 bits per heavy atom. The van der Waals surface area contributed by atoms with Crippen molar-refractivity contribution in [1.29, 1.82) is 0 Å². The van der Waals surface area contributed by atoms with Crippen LogP contribution >= 0.6 is 12.0 Å². The molecule has 1 aromatic heterocycles. The molecule has 0 atom stereocenters. The molecule has 8 heavy (non-hydrogen) atoms. The molecule has 0 spiro atoms. The van der Waals surface area contributed by atoms with E-state index in [0.717, 1.165) is 0 Å². The van der Waals surface area contributed by atoms with Crippen molar-refractivity contribution in [2.45, 2.75) is 5.09 Å². The fourth-order valence-electron chi connectivity index (χ4n) is 0.311. The van der Waals surface area contributed by atoms with E-state index in [2.05, 4.69) is 4.42 Å². The Kier molecular flexibility index (Phi) is 4.80. The maximum Gasteiger partial charge on any atom is 1.00 e. The van der Waals surface area contributed by atoms with Crippen molar-refractivity contribution in [2.75, 3.05) is 0 Å². The van der Waals surface area contributed by atoms with Crippen LogP contribution in [0.3, 0.4) is 0 Å². The van der Waals surface area contributed by atoms with Crippen molar-refractivity contribution >= 4 is 12.0 Å². The predicted octanol–water partition coefficient (Wildman–Crippen LogP) is -1.49. The summed E-state index contributed by atoms with van der Waals surface area (Å²) >= 11 is 0.359. The Morgan fingerprint density at radius 2 is 2.38 bits per heavy atom. The summed E-state index contributed by atoms with van der Waals surface area (Å²) in [5.41, 5.74) is 0. The summed E-state index contributed by atoms with van der Waals surface area (Å²) < 4.78 is 14.4. The second-order valence-electron chi connectivity index (χ2n) is 1.02. The van der Waals surface area contributed by atoms with Gasteiger partial charge in [-0.3, -0.25) is 0 Å². The van der Waals surface area contributed by atoms with Crippen LogP contribution in [0, 0.1) is 0 Å². The van der Waals surface area contributed by atoms with Crippen molar-refractivity contribution < 1.29 is 38.5 Å². The first kappa shape index (κ1) is 8.59. The third-order valence-electron chi connectivity index (χ3n) is 0.577. The van der Waals surface area contributed by atoms with Gasteiger partial charge in [0.05, 0.1) is 6.26 Å². The van der Waals surface area contributed by atoms with Crippen LogP contribution in [0.25, 0.3) is 0 Å². The van der Waals surface area contributed by atoms with E-state index in [1.54, 1.807) is 12.1 Å². The number of hydrogen-bond acceptors (Lipinski definition) is 3. The van der Waals surface area contributed by atoms with Crippen molar-refractivity contribution in [3.05, 3.63) is 18.4 Å². The van der Waals surface area contributed by atoms with Crippen molar-refractivity contribution in [2.24, 2.45) is 0 Å². The first-order valence-electron chi connectivity index (χ1n) is 1.77. The number of rotatable bonds is 1. The SMILES string of the molecule is [Na+].[O-]Sc1ccco1. The van der Waals surface area contributed by atoms with Crippen molar-refractivity contribution in [3.63, 3.8) is 0 Å². The van der Waals surface area contributed by atoms with Gasteiger partial charge in [0.15, 0.2) is 0 Å². The van der Waals surface area contributed by atoms with E-state index < -0.39 is 0 Å². The summed E-state index contributed by atoms with van der Waals surface area (Å²) in [6.07, 6.45) is 1.47. The van der Waals surface area contributed by atoms with Crippen LogP contribution in [-0.4, -0.2) is 4.55 Å². The Hall–Kier alpha value is 0.590. The second kappa shape index (κ2) is 4.47. The van der Waals surface area contributed by atoms with Gasteiger partial charge >= 0.3 is 29.6 Å². The molecule has 4 heteroatoms. The van der Waals surface area contributed by atoms with Gasteiger partial charge in [0, 0.05) is 0 Å². The summed E-state index contributed by atoms with van der Waals surface area (Å²) in [5.74, 6) is 0. The van der Waals surface area contributed by atoms with E-state index in [9.17, 15) is 4.55 Å². The van der Waals surface area contributed by atoms with E-state index in [1.165, 1.54) is 6.26 Å². The molecule has 0 bridgehead atoms. The molecule has 38 valence electrons. The predicted molar refractivity (Wildman–Crippen MR) is 25.3 cm³/mol. The van der Waals surface area contributed by atoms with Gasteiger partial charge in [0.2, 0.25) is 0 Å². The third kappa shape index (κ3) is 2.24. The molecule has 0 saturated carbocycles. The van der Waals surface area contributed by atoms with Crippen LogP contribution in [0.15, 0.2) is 27.9 Å². The van der Waals surface area contributed by atoms with Gasteiger partial charge in [-0.1, -0.05) is 0 Å². The molecule has 1 heterocycles. The monoisotopic (exact) mass is 138 g/mol. The van der Waals surface area contributed by atoms with Gasteiger partial charge in [0.25, 0.3) is 0 Å². The maximum absolute atomic E-state index is 9.82. The summed E-state index contributed by atoms with van der Waals surface area (Å²) in [4.78, 5) is 0. The summed E-state index contributed by atoms with van der Waals surface area (Å²) in [6, 6.07) is 3.30. The van der Waals surface area contributed by atoms with Crippen LogP contribution in [0.1, 0.15) is 0 Å². The molecule has 0 N–H and O–H groups in total. The molecule has 0 unspecified atom stereocenters. The van der Waals surface area contributed by atoms with Gasteiger partial charge in [-0.25, -0.2) is 0 Å². The molecule has 0 aliphatic heterocycles. The minimum atomic E-state index is 0. The molecule has 0 aromatic carbocycles. The molecule has 0 radical (unpaired) electrons. The molecule has 2 nitrogen and oxygen atoms in total. The van der Waals surface area contributed by atoms with Gasteiger partial charge in [0.1, 0.15) is 5.09 Å². The van der Waals surface area contributed by atoms with Gasteiger partial charge in [-0.2, -0.15) is 12.0 Å².